The lowest BCUT2D eigenvalue weighted by Crippen LogP contribution is -2.39. The van der Waals surface area contributed by atoms with E-state index in [1.165, 1.54) is 0 Å². The van der Waals surface area contributed by atoms with Crippen LogP contribution in [0.25, 0.3) is 0 Å². The third kappa shape index (κ3) is 3.13. The number of carboxylic acids is 1. The molecule has 1 fully saturated rings. The average molecular weight is 266 g/mol. The first-order valence-electron chi connectivity index (χ1n) is 6.42. The Balaban J connectivity index is 1.96. The molecule has 6 nitrogen and oxygen atoms in total. The Bertz CT molecular complexity index is 487. The van der Waals surface area contributed by atoms with Gasteiger partial charge in [-0.15, -0.1) is 0 Å². The SMILES string of the molecule is Cc1nc(C)c(C(=O)N2CCC(CC(=O)O)CC2)o1. The highest BCUT2D eigenvalue weighted by molar-refractivity contribution is 5.92. The lowest BCUT2D eigenvalue weighted by molar-refractivity contribution is -0.138. The van der Waals surface area contributed by atoms with Crippen LogP contribution in [0.5, 0.6) is 0 Å². The lowest BCUT2D eigenvalue weighted by Gasteiger charge is -2.30. The molecule has 0 atom stereocenters. The van der Waals surface area contributed by atoms with Gasteiger partial charge in [0.15, 0.2) is 5.89 Å². The molecular weight excluding hydrogens is 248 g/mol. The van der Waals surface area contributed by atoms with Gasteiger partial charge in [0.1, 0.15) is 0 Å². The van der Waals surface area contributed by atoms with Gasteiger partial charge in [-0.05, 0) is 25.7 Å². The average Bonchev–Trinajstić information content (AvgIpc) is 2.68. The van der Waals surface area contributed by atoms with Crippen LogP contribution in [-0.4, -0.2) is 40.0 Å². The summed E-state index contributed by atoms with van der Waals surface area (Å²) >= 11 is 0. The molecule has 1 aliphatic heterocycles. The van der Waals surface area contributed by atoms with Crippen molar-refractivity contribution in [3.63, 3.8) is 0 Å². The minimum atomic E-state index is -0.772. The van der Waals surface area contributed by atoms with Gasteiger partial charge in [0.05, 0.1) is 5.69 Å². The highest BCUT2D eigenvalue weighted by atomic mass is 16.4. The van der Waals surface area contributed by atoms with Crippen LogP contribution in [-0.2, 0) is 4.79 Å². The molecule has 2 heterocycles. The zero-order valence-electron chi connectivity index (χ0n) is 11.2. The number of piperidine rings is 1. The molecule has 1 aliphatic rings. The molecule has 1 amide bonds. The summed E-state index contributed by atoms with van der Waals surface area (Å²) in [5.74, 6) is 0.0354. The van der Waals surface area contributed by atoms with E-state index in [1.807, 2.05) is 0 Å². The van der Waals surface area contributed by atoms with E-state index in [0.29, 0.717) is 30.4 Å². The number of oxazole rings is 1. The number of carbonyl (C=O) groups excluding carboxylic acids is 1. The number of aromatic nitrogens is 1. The van der Waals surface area contributed by atoms with Gasteiger partial charge in [-0.1, -0.05) is 0 Å². The first-order valence-corrected chi connectivity index (χ1v) is 6.42. The number of nitrogens with zero attached hydrogens (tertiary/aromatic N) is 2. The first kappa shape index (κ1) is 13.6. The summed E-state index contributed by atoms with van der Waals surface area (Å²) in [5, 5.41) is 8.75. The van der Waals surface area contributed by atoms with Crippen LogP contribution in [0.3, 0.4) is 0 Å². The number of likely N-dealkylation sites (tertiary alicyclic amines) is 1. The van der Waals surface area contributed by atoms with Gasteiger partial charge in [0.2, 0.25) is 5.76 Å². The van der Waals surface area contributed by atoms with Crippen molar-refractivity contribution >= 4 is 11.9 Å². The van der Waals surface area contributed by atoms with Gasteiger partial charge in [0, 0.05) is 26.4 Å². The molecule has 19 heavy (non-hydrogen) atoms. The molecule has 1 N–H and O–H groups in total. The molecule has 0 aromatic carbocycles. The van der Waals surface area contributed by atoms with Crippen LogP contribution < -0.4 is 0 Å². The van der Waals surface area contributed by atoms with E-state index in [0.717, 1.165) is 12.8 Å². The van der Waals surface area contributed by atoms with Crippen molar-refractivity contribution in [3.05, 3.63) is 17.3 Å². The van der Waals surface area contributed by atoms with Gasteiger partial charge in [0.25, 0.3) is 5.91 Å². The van der Waals surface area contributed by atoms with E-state index in [1.54, 1.807) is 18.7 Å². The molecule has 6 heteroatoms. The fourth-order valence-corrected chi connectivity index (χ4v) is 2.46. The van der Waals surface area contributed by atoms with E-state index in [4.69, 9.17) is 9.52 Å². The van der Waals surface area contributed by atoms with Crippen LogP contribution in [0.2, 0.25) is 0 Å². The molecule has 1 saturated heterocycles. The summed E-state index contributed by atoms with van der Waals surface area (Å²) < 4.78 is 5.32. The van der Waals surface area contributed by atoms with E-state index in [-0.39, 0.29) is 18.2 Å². The van der Waals surface area contributed by atoms with E-state index in [9.17, 15) is 9.59 Å². The zero-order valence-corrected chi connectivity index (χ0v) is 11.2. The molecule has 0 spiro atoms. The van der Waals surface area contributed by atoms with Crippen LogP contribution in [0, 0.1) is 19.8 Å². The van der Waals surface area contributed by atoms with Crippen molar-refractivity contribution in [1.82, 2.24) is 9.88 Å². The number of aliphatic carboxylic acids is 1. The Morgan fingerprint density at radius 1 is 1.37 bits per heavy atom. The van der Waals surface area contributed by atoms with Gasteiger partial charge in [-0.3, -0.25) is 9.59 Å². The fourth-order valence-electron chi connectivity index (χ4n) is 2.46. The first-order chi connectivity index (χ1) is 8.97. The maximum atomic E-state index is 12.2. The summed E-state index contributed by atoms with van der Waals surface area (Å²) in [5.41, 5.74) is 0.607. The number of aryl methyl sites for hydroxylation is 2. The summed E-state index contributed by atoms with van der Waals surface area (Å²) in [6, 6.07) is 0. The van der Waals surface area contributed by atoms with E-state index in [2.05, 4.69) is 4.98 Å². The number of hydrogen-bond donors (Lipinski definition) is 1. The lowest BCUT2D eigenvalue weighted by atomic mass is 9.93. The van der Waals surface area contributed by atoms with E-state index >= 15 is 0 Å². The Kier molecular flexibility index (Phi) is 3.87. The van der Waals surface area contributed by atoms with Crippen molar-refractivity contribution in [3.8, 4) is 0 Å². The highest BCUT2D eigenvalue weighted by Crippen LogP contribution is 2.22. The molecule has 0 saturated carbocycles. The molecule has 0 unspecified atom stereocenters. The molecule has 1 aromatic heterocycles. The minimum Gasteiger partial charge on any atom is -0.481 e. The van der Waals surface area contributed by atoms with E-state index < -0.39 is 5.97 Å². The summed E-state index contributed by atoms with van der Waals surface area (Å²) in [7, 11) is 0. The number of rotatable bonds is 3. The summed E-state index contributed by atoms with van der Waals surface area (Å²) in [6.07, 6.45) is 1.64. The molecular formula is C13H18N2O4. The largest absolute Gasteiger partial charge is 0.481 e. The standard InChI is InChI=1S/C13H18N2O4/c1-8-12(19-9(2)14-8)13(18)15-5-3-10(4-6-15)7-11(16)17/h10H,3-7H2,1-2H3,(H,16,17). The Morgan fingerprint density at radius 2 is 2.00 bits per heavy atom. The molecule has 1 aromatic rings. The van der Waals surface area contributed by atoms with Gasteiger partial charge < -0.3 is 14.4 Å². The number of amides is 1. The highest BCUT2D eigenvalue weighted by Gasteiger charge is 2.27. The maximum absolute atomic E-state index is 12.2. The molecule has 104 valence electrons. The second kappa shape index (κ2) is 5.42. The molecule has 0 aliphatic carbocycles. The third-order valence-corrected chi connectivity index (χ3v) is 3.46. The van der Waals surface area contributed by atoms with Crippen molar-refractivity contribution < 1.29 is 19.1 Å². The van der Waals surface area contributed by atoms with Crippen molar-refractivity contribution in [1.29, 1.82) is 0 Å². The van der Waals surface area contributed by atoms with Gasteiger partial charge >= 0.3 is 5.97 Å². The maximum Gasteiger partial charge on any atom is 0.303 e. The van der Waals surface area contributed by atoms with Crippen molar-refractivity contribution in [2.24, 2.45) is 5.92 Å². The van der Waals surface area contributed by atoms with Crippen molar-refractivity contribution in [2.75, 3.05) is 13.1 Å². The van der Waals surface area contributed by atoms with Crippen molar-refractivity contribution in [2.45, 2.75) is 33.1 Å². The Hall–Kier alpha value is -1.85. The molecule has 0 bridgehead atoms. The predicted molar refractivity (Wildman–Crippen MR) is 66.9 cm³/mol. The van der Waals surface area contributed by atoms with Crippen LogP contribution in [0.4, 0.5) is 0 Å². The van der Waals surface area contributed by atoms with Crippen LogP contribution >= 0.6 is 0 Å². The van der Waals surface area contributed by atoms with Crippen LogP contribution in [0.1, 0.15) is 41.4 Å². The second-order valence-corrected chi connectivity index (χ2v) is 4.98. The number of carboxylic acid groups (broad SMARTS) is 1. The van der Waals surface area contributed by atoms with Gasteiger partial charge in [-0.25, -0.2) is 4.98 Å². The Labute approximate surface area is 111 Å². The topological polar surface area (TPSA) is 83.6 Å². The Morgan fingerprint density at radius 3 is 2.47 bits per heavy atom. The normalized spacial score (nSPS) is 16.6. The summed E-state index contributed by atoms with van der Waals surface area (Å²) in [4.78, 5) is 28.7. The predicted octanol–water partition coefficient (Wildman–Crippen LogP) is 1.62. The number of hydrogen-bond acceptors (Lipinski definition) is 4. The smallest absolute Gasteiger partial charge is 0.303 e. The molecule has 2 rings (SSSR count). The monoisotopic (exact) mass is 266 g/mol. The summed E-state index contributed by atoms with van der Waals surface area (Å²) in [6.45, 7) is 4.62. The minimum absolute atomic E-state index is 0.146. The van der Waals surface area contributed by atoms with Crippen LogP contribution in [0.15, 0.2) is 4.42 Å². The number of carbonyl (C=O) groups is 2. The quantitative estimate of drug-likeness (QED) is 0.898. The third-order valence-electron chi connectivity index (χ3n) is 3.46. The second-order valence-electron chi connectivity index (χ2n) is 4.98. The fraction of sp³-hybridized carbons (Fsp3) is 0.615. The molecule has 0 radical (unpaired) electrons. The van der Waals surface area contributed by atoms with Gasteiger partial charge in [-0.2, -0.15) is 0 Å². The zero-order chi connectivity index (χ0) is 14.0.